The summed E-state index contributed by atoms with van der Waals surface area (Å²) in [5.74, 6) is 0.0380. The van der Waals surface area contributed by atoms with E-state index in [4.69, 9.17) is 9.84 Å². The van der Waals surface area contributed by atoms with Crippen molar-refractivity contribution in [1.82, 2.24) is 4.90 Å². The highest BCUT2D eigenvalue weighted by molar-refractivity contribution is 5.76. The first-order chi connectivity index (χ1) is 6.76. The number of hydrogen-bond acceptors (Lipinski definition) is 3. The van der Waals surface area contributed by atoms with Crippen LogP contribution in [0.2, 0.25) is 0 Å². The van der Waals surface area contributed by atoms with Crippen LogP contribution in [-0.2, 0) is 9.53 Å². The van der Waals surface area contributed by atoms with E-state index in [1.54, 1.807) is 18.1 Å². The van der Waals surface area contributed by atoms with Gasteiger partial charge < -0.3 is 14.7 Å². The topological polar surface area (TPSA) is 49.8 Å². The second-order valence-electron chi connectivity index (χ2n) is 2.95. The lowest BCUT2D eigenvalue weighted by Crippen LogP contribution is -2.33. The predicted molar refractivity (Wildman–Crippen MR) is 55.0 cm³/mol. The van der Waals surface area contributed by atoms with Crippen LogP contribution in [-0.4, -0.2) is 49.3 Å². The molecule has 0 radical (unpaired) electrons. The maximum Gasteiger partial charge on any atom is 0.223 e. The highest BCUT2D eigenvalue weighted by Gasteiger charge is 2.10. The number of ether oxygens (including phenoxy) is 1. The van der Waals surface area contributed by atoms with Gasteiger partial charge in [0.05, 0.1) is 6.61 Å². The average molecular weight is 201 g/mol. The lowest BCUT2D eigenvalue weighted by atomic mass is 10.3. The van der Waals surface area contributed by atoms with Crippen molar-refractivity contribution in [3.8, 4) is 0 Å². The number of rotatable bonds is 8. The van der Waals surface area contributed by atoms with E-state index in [2.05, 4.69) is 6.58 Å². The summed E-state index contributed by atoms with van der Waals surface area (Å²) in [7, 11) is 1.61. The molecule has 0 aromatic heterocycles. The molecule has 4 nitrogen and oxygen atoms in total. The zero-order chi connectivity index (χ0) is 10.8. The molecule has 4 heteroatoms. The molecule has 0 saturated heterocycles. The summed E-state index contributed by atoms with van der Waals surface area (Å²) < 4.78 is 4.85. The third kappa shape index (κ3) is 5.72. The molecule has 0 unspecified atom stereocenters. The molecular formula is C10H19NO3. The van der Waals surface area contributed by atoms with Crippen molar-refractivity contribution in [3.63, 3.8) is 0 Å². The van der Waals surface area contributed by atoms with Crippen LogP contribution >= 0.6 is 0 Å². The standard InChI is InChI=1S/C10H19NO3/c1-3-6-11(7-8-12)10(13)5-4-9-14-2/h3,12H,1,4-9H2,2H3. The van der Waals surface area contributed by atoms with Gasteiger partial charge >= 0.3 is 0 Å². The van der Waals surface area contributed by atoms with Crippen LogP contribution in [0, 0.1) is 0 Å². The molecule has 0 rings (SSSR count). The van der Waals surface area contributed by atoms with Crippen molar-refractivity contribution in [3.05, 3.63) is 12.7 Å². The predicted octanol–water partition coefficient (Wildman–Crippen LogP) is 0.420. The molecule has 1 N–H and O–H groups in total. The average Bonchev–Trinajstić information content (AvgIpc) is 2.18. The van der Waals surface area contributed by atoms with E-state index in [9.17, 15) is 4.79 Å². The van der Waals surface area contributed by atoms with Crippen LogP contribution in [0.15, 0.2) is 12.7 Å². The summed E-state index contributed by atoms with van der Waals surface area (Å²) in [5.41, 5.74) is 0. The second-order valence-corrected chi connectivity index (χ2v) is 2.95. The summed E-state index contributed by atoms with van der Waals surface area (Å²) in [6.45, 7) is 5.01. The van der Waals surface area contributed by atoms with E-state index in [0.717, 1.165) is 0 Å². The monoisotopic (exact) mass is 201 g/mol. The summed E-state index contributed by atoms with van der Waals surface area (Å²) in [6, 6.07) is 0. The van der Waals surface area contributed by atoms with E-state index in [1.165, 1.54) is 0 Å². The summed E-state index contributed by atoms with van der Waals surface area (Å²) in [6.07, 6.45) is 2.83. The third-order valence-electron chi connectivity index (χ3n) is 1.81. The zero-order valence-corrected chi connectivity index (χ0v) is 8.74. The molecule has 14 heavy (non-hydrogen) atoms. The first kappa shape index (κ1) is 13.1. The Morgan fingerprint density at radius 3 is 2.86 bits per heavy atom. The van der Waals surface area contributed by atoms with Crippen molar-refractivity contribution in [2.75, 3.05) is 33.4 Å². The molecule has 0 bridgehead atoms. The van der Waals surface area contributed by atoms with Crippen molar-refractivity contribution in [1.29, 1.82) is 0 Å². The Hall–Kier alpha value is -0.870. The van der Waals surface area contributed by atoms with Gasteiger partial charge in [-0.25, -0.2) is 0 Å². The molecule has 0 fully saturated rings. The van der Waals surface area contributed by atoms with E-state index in [0.29, 0.717) is 32.5 Å². The molecule has 0 saturated carbocycles. The second kappa shape index (κ2) is 8.72. The number of hydrogen-bond donors (Lipinski definition) is 1. The Bertz CT molecular complexity index is 171. The molecular weight excluding hydrogens is 182 g/mol. The van der Waals surface area contributed by atoms with Gasteiger partial charge in [-0.1, -0.05) is 6.08 Å². The fourth-order valence-corrected chi connectivity index (χ4v) is 1.12. The van der Waals surface area contributed by atoms with Crippen LogP contribution < -0.4 is 0 Å². The molecule has 0 aliphatic carbocycles. The maximum atomic E-state index is 11.5. The minimum absolute atomic E-state index is 0.0101. The third-order valence-corrected chi connectivity index (χ3v) is 1.81. The van der Waals surface area contributed by atoms with Gasteiger partial charge in [-0.05, 0) is 6.42 Å². The lowest BCUT2D eigenvalue weighted by Gasteiger charge is -2.19. The quantitative estimate of drug-likeness (QED) is 0.457. The van der Waals surface area contributed by atoms with Crippen LogP contribution in [0.3, 0.4) is 0 Å². The largest absolute Gasteiger partial charge is 0.395 e. The molecule has 0 aliphatic rings. The van der Waals surface area contributed by atoms with Gasteiger partial charge in [0, 0.05) is 33.2 Å². The number of methoxy groups -OCH3 is 1. The van der Waals surface area contributed by atoms with Crippen LogP contribution in [0.5, 0.6) is 0 Å². The van der Waals surface area contributed by atoms with Gasteiger partial charge in [-0.3, -0.25) is 4.79 Å². The minimum Gasteiger partial charge on any atom is -0.395 e. The van der Waals surface area contributed by atoms with E-state index >= 15 is 0 Å². The number of aliphatic hydroxyl groups is 1. The van der Waals surface area contributed by atoms with Gasteiger partial charge in [0.25, 0.3) is 0 Å². The van der Waals surface area contributed by atoms with Gasteiger partial charge in [-0.15, -0.1) is 6.58 Å². The minimum atomic E-state index is -0.0101. The normalized spacial score (nSPS) is 9.86. The highest BCUT2D eigenvalue weighted by atomic mass is 16.5. The van der Waals surface area contributed by atoms with Gasteiger partial charge in [-0.2, -0.15) is 0 Å². The summed E-state index contributed by atoms with van der Waals surface area (Å²) in [4.78, 5) is 13.1. The van der Waals surface area contributed by atoms with Crippen LogP contribution in [0.1, 0.15) is 12.8 Å². The highest BCUT2D eigenvalue weighted by Crippen LogP contribution is 1.98. The molecule has 0 aliphatic heterocycles. The number of aliphatic hydroxyl groups excluding tert-OH is 1. The molecule has 0 aromatic carbocycles. The van der Waals surface area contributed by atoms with E-state index in [1.807, 2.05) is 0 Å². The molecule has 0 heterocycles. The van der Waals surface area contributed by atoms with Crippen molar-refractivity contribution < 1.29 is 14.6 Å². The Kier molecular flexibility index (Phi) is 8.17. The molecule has 0 atom stereocenters. The fourth-order valence-electron chi connectivity index (χ4n) is 1.12. The number of carbonyl (C=O) groups is 1. The lowest BCUT2D eigenvalue weighted by molar-refractivity contribution is -0.131. The Morgan fingerprint density at radius 2 is 2.36 bits per heavy atom. The fraction of sp³-hybridized carbons (Fsp3) is 0.700. The number of carbonyl (C=O) groups excluding carboxylic acids is 1. The molecule has 0 aromatic rings. The van der Waals surface area contributed by atoms with Gasteiger partial charge in [0.2, 0.25) is 5.91 Å². The Morgan fingerprint density at radius 1 is 1.64 bits per heavy atom. The SMILES string of the molecule is C=CCN(CCO)C(=O)CCCOC. The Balaban J connectivity index is 3.81. The zero-order valence-electron chi connectivity index (χ0n) is 8.74. The molecule has 0 spiro atoms. The van der Waals surface area contributed by atoms with Crippen LogP contribution in [0.4, 0.5) is 0 Å². The van der Waals surface area contributed by atoms with Crippen molar-refractivity contribution in [2.24, 2.45) is 0 Å². The molecule has 1 amide bonds. The van der Waals surface area contributed by atoms with Crippen molar-refractivity contribution in [2.45, 2.75) is 12.8 Å². The van der Waals surface area contributed by atoms with E-state index in [-0.39, 0.29) is 12.5 Å². The number of nitrogens with zero attached hydrogens (tertiary/aromatic N) is 1. The smallest absolute Gasteiger partial charge is 0.223 e. The van der Waals surface area contributed by atoms with Gasteiger partial charge in [0.15, 0.2) is 0 Å². The maximum absolute atomic E-state index is 11.5. The summed E-state index contributed by atoms with van der Waals surface area (Å²) in [5, 5.41) is 8.73. The first-order valence-corrected chi connectivity index (χ1v) is 4.74. The first-order valence-electron chi connectivity index (χ1n) is 4.74. The van der Waals surface area contributed by atoms with E-state index < -0.39 is 0 Å². The number of amides is 1. The van der Waals surface area contributed by atoms with Crippen molar-refractivity contribution >= 4 is 5.91 Å². The summed E-state index contributed by atoms with van der Waals surface area (Å²) >= 11 is 0. The van der Waals surface area contributed by atoms with Crippen LogP contribution in [0.25, 0.3) is 0 Å². The van der Waals surface area contributed by atoms with Gasteiger partial charge in [0.1, 0.15) is 0 Å². The Labute approximate surface area is 85.2 Å². The molecule has 82 valence electrons.